The lowest BCUT2D eigenvalue weighted by Crippen LogP contribution is -2.44. The molecule has 1 aromatic carbocycles. The maximum absolute atomic E-state index is 16.1. The number of aliphatic hydroxyl groups excluding tert-OH is 1. The van der Waals surface area contributed by atoms with Crippen LogP contribution in [-0.4, -0.2) is 73.8 Å². The molecule has 0 unspecified atom stereocenters. The average Bonchev–Trinajstić information content (AvgIpc) is 3.40. The van der Waals surface area contributed by atoms with Crippen molar-refractivity contribution in [3.8, 4) is 5.75 Å². The first kappa shape index (κ1) is 30.6. The molecule has 16 heteroatoms. The number of esters is 1. The van der Waals surface area contributed by atoms with Crippen molar-refractivity contribution >= 4 is 36.6 Å². The van der Waals surface area contributed by atoms with Crippen LogP contribution in [0.3, 0.4) is 0 Å². The van der Waals surface area contributed by atoms with Crippen LogP contribution in [-0.2, 0) is 23.4 Å². The van der Waals surface area contributed by atoms with E-state index < -0.39 is 56.1 Å². The van der Waals surface area contributed by atoms with Gasteiger partial charge < -0.3 is 30.2 Å². The molecule has 1 aliphatic rings. The lowest BCUT2D eigenvalue weighted by Gasteiger charge is -2.29. The van der Waals surface area contributed by atoms with Crippen molar-refractivity contribution in [3.05, 3.63) is 36.7 Å². The monoisotopic (exact) mass is 595 g/mol. The Bertz CT molecular complexity index is 1420. The first-order valence-electron chi connectivity index (χ1n) is 13.0. The number of aliphatic hydroxyl groups is 1. The second-order valence-electron chi connectivity index (χ2n) is 10.1. The third-order valence-electron chi connectivity index (χ3n) is 6.38. The summed E-state index contributed by atoms with van der Waals surface area (Å²) < 4.78 is 54.0. The number of nitrogen functional groups attached to an aromatic ring is 1. The number of nitrogens with zero attached hydrogens (tertiary/aromatic N) is 4. The topological polar surface area (TPSA) is 185 Å². The number of ether oxygens (including phenoxy) is 2. The van der Waals surface area contributed by atoms with Gasteiger partial charge in [0, 0.05) is 7.05 Å². The minimum Gasteiger partial charge on any atom is -0.462 e. The zero-order chi connectivity index (χ0) is 30.1. The van der Waals surface area contributed by atoms with Crippen molar-refractivity contribution in [2.75, 3.05) is 18.1 Å². The van der Waals surface area contributed by atoms with Crippen molar-refractivity contribution in [2.24, 2.45) is 0 Å². The third-order valence-corrected chi connectivity index (χ3v) is 8.15. The number of benzene rings is 1. The SMILES string of the molecule is CNc1nc(N)nc2c1ncn2[C@@H]1O[C@H]([C@H](C)O[P@@](=O)(N[C@@H](C)C(=O)OC(C)C)Oc2ccccc2)[C@@H](O)[C@@]1(C)F. The highest BCUT2D eigenvalue weighted by Crippen LogP contribution is 2.50. The van der Waals surface area contributed by atoms with Gasteiger partial charge in [-0.15, -0.1) is 0 Å². The molecule has 4 rings (SSSR count). The van der Waals surface area contributed by atoms with Crippen LogP contribution < -0.4 is 20.7 Å². The van der Waals surface area contributed by atoms with E-state index in [9.17, 15) is 14.5 Å². The largest absolute Gasteiger partial charge is 0.462 e. The number of para-hydroxylation sites is 1. The van der Waals surface area contributed by atoms with Crippen LogP contribution in [0.25, 0.3) is 11.2 Å². The van der Waals surface area contributed by atoms with Crippen molar-refractivity contribution in [2.45, 2.75) is 77.0 Å². The number of hydrogen-bond acceptors (Lipinski definition) is 12. The fourth-order valence-electron chi connectivity index (χ4n) is 4.41. The highest BCUT2D eigenvalue weighted by molar-refractivity contribution is 7.52. The number of halogens is 1. The zero-order valence-corrected chi connectivity index (χ0v) is 24.4. The van der Waals surface area contributed by atoms with Crippen molar-refractivity contribution in [1.29, 1.82) is 0 Å². The number of hydrogen-bond donors (Lipinski definition) is 4. The summed E-state index contributed by atoms with van der Waals surface area (Å²) in [5.74, 6) is -0.251. The van der Waals surface area contributed by atoms with Gasteiger partial charge in [-0.1, -0.05) is 18.2 Å². The molecule has 224 valence electrons. The smallest absolute Gasteiger partial charge is 0.459 e. The number of imidazole rings is 1. The first-order chi connectivity index (χ1) is 19.3. The molecule has 0 spiro atoms. The van der Waals surface area contributed by atoms with Gasteiger partial charge in [0.1, 0.15) is 24.0 Å². The summed E-state index contributed by atoms with van der Waals surface area (Å²) >= 11 is 0. The minimum absolute atomic E-state index is 0.0776. The Hall–Kier alpha value is -3.36. The van der Waals surface area contributed by atoms with E-state index in [1.165, 1.54) is 24.7 Å². The van der Waals surface area contributed by atoms with Crippen LogP contribution in [0.15, 0.2) is 36.7 Å². The number of fused-ring (bicyclic) bond motifs is 1. The lowest BCUT2D eigenvalue weighted by atomic mass is 9.96. The van der Waals surface area contributed by atoms with Crippen LogP contribution in [0.5, 0.6) is 5.75 Å². The van der Waals surface area contributed by atoms with E-state index in [2.05, 4.69) is 25.4 Å². The Morgan fingerprint density at radius 3 is 2.56 bits per heavy atom. The van der Waals surface area contributed by atoms with E-state index in [-0.39, 0.29) is 17.3 Å². The van der Waals surface area contributed by atoms with E-state index in [0.717, 1.165) is 6.92 Å². The second kappa shape index (κ2) is 11.9. The molecule has 41 heavy (non-hydrogen) atoms. The predicted molar refractivity (Wildman–Crippen MR) is 148 cm³/mol. The molecule has 1 saturated heterocycles. The number of nitrogens with two attached hydrogens (primary N) is 1. The molecule has 7 atom stereocenters. The standard InChI is InChI=1S/C25H35FN7O7P/c1-13(2)37-22(35)14(3)32-41(36,40-16-10-8-7-9-11-16)39-15(4)18-19(34)25(5,26)23(38-18)33-12-29-17-20(28-6)30-24(27)31-21(17)33/h7-15,18-19,23,34H,1-6H3,(H,32,36)(H3,27,28,30,31)/t14-,15-,18+,19+,23+,25+,41-/m0/s1. The van der Waals surface area contributed by atoms with Gasteiger partial charge >= 0.3 is 13.7 Å². The molecule has 1 aliphatic heterocycles. The highest BCUT2D eigenvalue weighted by atomic mass is 31.2. The van der Waals surface area contributed by atoms with E-state index in [1.54, 1.807) is 51.2 Å². The van der Waals surface area contributed by atoms with Gasteiger partial charge in [0.2, 0.25) is 5.95 Å². The zero-order valence-electron chi connectivity index (χ0n) is 23.5. The summed E-state index contributed by atoms with van der Waals surface area (Å²) in [6, 6.07) is 7.05. The summed E-state index contributed by atoms with van der Waals surface area (Å²) in [7, 11) is -2.71. The number of anilines is 2. The summed E-state index contributed by atoms with van der Waals surface area (Å²) in [4.78, 5) is 24.9. The van der Waals surface area contributed by atoms with Crippen LogP contribution >= 0.6 is 7.75 Å². The Morgan fingerprint density at radius 2 is 1.93 bits per heavy atom. The van der Waals surface area contributed by atoms with Crippen LogP contribution in [0.1, 0.15) is 40.8 Å². The molecule has 1 fully saturated rings. The van der Waals surface area contributed by atoms with Gasteiger partial charge in [0.05, 0.1) is 18.5 Å². The van der Waals surface area contributed by atoms with Crippen LogP contribution in [0, 0.1) is 0 Å². The molecule has 0 aliphatic carbocycles. The molecule has 3 aromatic rings. The van der Waals surface area contributed by atoms with E-state index >= 15 is 4.39 Å². The molecule has 0 saturated carbocycles. The van der Waals surface area contributed by atoms with Crippen LogP contribution in [0.2, 0.25) is 0 Å². The third kappa shape index (κ3) is 6.44. The number of alkyl halides is 1. The molecular formula is C25H35FN7O7P. The Morgan fingerprint density at radius 1 is 1.24 bits per heavy atom. The van der Waals surface area contributed by atoms with E-state index in [4.69, 9.17) is 24.3 Å². The predicted octanol–water partition coefficient (Wildman–Crippen LogP) is 2.96. The van der Waals surface area contributed by atoms with Gasteiger partial charge in [-0.05, 0) is 46.8 Å². The number of rotatable bonds is 11. The molecule has 0 radical (unpaired) electrons. The fourth-order valence-corrected chi connectivity index (χ4v) is 6.10. The number of aromatic nitrogens is 4. The minimum atomic E-state index is -4.34. The second-order valence-corrected chi connectivity index (χ2v) is 11.7. The van der Waals surface area contributed by atoms with E-state index in [0.29, 0.717) is 11.3 Å². The lowest BCUT2D eigenvalue weighted by molar-refractivity contribution is -0.149. The number of nitrogens with one attached hydrogen (secondary N) is 2. The van der Waals surface area contributed by atoms with E-state index in [1.807, 2.05) is 0 Å². The normalized spacial score (nSPS) is 25.5. The summed E-state index contributed by atoms with van der Waals surface area (Å²) in [5.41, 5.74) is 3.94. The molecule has 3 heterocycles. The maximum Gasteiger partial charge on any atom is 0.459 e. The van der Waals surface area contributed by atoms with Crippen molar-refractivity contribution in [1.82, 2.24) is 24.6 Å². The molecule has 5 N–H and O–H groups in total. The van der Waals surface area contributed by atoms with Gasteiger partial charge in [0.15, 0.2) is 28.9 Å². The van der Waals surface area contributed by atoms with Gasteiger partial charge in [-0.2, -0.15) is 15.1 Å². The van der Waals surface area contributed by atoms with Crippen molar-refractivity contribution in [3.63, 3.8) is 0 Å². The summed E-state index contributed by atoms with van der Waals surface area (Å²) in [6.07, 6.45) is -4.80. The van der Waals surface area contributed by atoms with Gasteiger partial charge in [0.25, 0.3) is 0 Å². The number of carbonyl (C=O) groups excluding carboxylic acids is 1. The molecule has 14 nitrogen and oxygen atoms in total. The molecular weight excluding hydrogens is 560 g/mol. The first-order valence-corrected chi connectivity index (χ1v) is 14.5. The Balaban J connectivity index is 1.61. The average molecular weight is 596 g/mol. The molecule has 0 bridgehead atoms. The fraction of sp³-hybridized carbons (Fsp3) is 0.520. The quantitative estimate of drug-likeness (QED) is 0.187. The Kier molecular flexibility index (Phi) is 8.85. The highest BCUT2D eigenvalue weighted by Gasteiger charge is 2.58. The molecule has 0 amide bonds. The summed E-state index contributed by atoms with van der Waals surface area (Å²) in [6.45, 7) is 7.39. The van der Waals surface area contributed by atoms with Crippen LogP contribution in [0.4, 0.5) is 16.2 Å². The molecule has 2 aromatic heterocycles. The van der Waals surface area contributed by atoms with Gasteiger partial charge in [-0.3, -0.25) is 13.9 Å². The number of carbonyl (C=O) groups is 1. The Labute approximate surface area is 236 Å². The maximum atomic E-state index is 16.1. The summed E-state index contributed by atoms with van der Waals surface area (Å²) in [5, 5.41) is 16.5. The van der Waals surface area contributed by atoms with Gasteiger partial charge in [-0.25, -0.2) is 13.9 Å². The van der Waals surface area contributed by atoms with Crippen molar-refractivity contribution < 1.29 is 37.4 Å².